The highest BCUT2D eigenvalue weighted by Crippen LogP contribution is 2.44. The van der Waals surface area contributed by atoms with Crippen LogP contribution in [0.25, 0.3) is 0 Å². The summed E-state index contributed by atoms with van der Waals surface area (Å²) >= 11 is 0. The van der Waals surface area contributed by atoms with E-state index in [0.29, 0.717) is 0 Å². The Morgan fingerprint density at radius 3 is 2.53 bits per heavy atom. The largest absolute Gasteiger partial charge is 0.314 e. The van der Waals surface area contributed by atoms with Gasteiger partial charge in [0.05, 0.1) is 0 Å². The Labute approximate surface area is 91.3 Å². The summed E-state index contributed by atoms with van der Waals surface area (Å²) in [5.74, 6) is 0.810. The Kier molecular flexibility index (Phi) is 2.47. The second-order valence-corrected chi connectivity index (χ2v) is 4.61. The topological polar surface area (TPSA) is 15.3 Å². The number of nitrogens with zero attached hydrogens (tertiary/aromatic N) is 1. The standard InChI is InChI=1S/C13H18N2/c1-2-4-11(5-3-1)12-10-13(12)15-8-6-14-7-9-15/h1-5,12-14H,6-10H2. The van der Waals surface area contributed by atoms with Crippen molar-refractivity contribution in [2.75, 3.05) is 26.2 Å². The van der Waals surface area contributed by atoms with Crippen LogP contribution in [0.1, 0.15) is 17.9 Å². The minimum atomic E-state index is 0.810. The van der Waals surface area contributed by atoms with Crippen LogP contribution in [0.5, 0.6) is 0 Å². The molecular formula is C13H18N2. The van der Waals surface area contributed by atoms with E-state index in [2.05, 4.69) is 40.5 Å². The molecule has 1 aliphatic carbocycles. The highest BCUT2D eigenvalue weighted by atomic mass is 15.2. The highest BCUT2D eigenvalue weighted by Gasteiger charge is 2.42. The molecule has 0 spiro atoms. The molecule has 0 amide bonds. The predicted octanol–water partition coefficient (Wildman–Crippen LogP) is 1.45. The molecule has 2 aliphatic rings. The van der Waals surface area contributed by atoms with Crippen molar-refractivity contribution >= 4 is 0 Å². The van der Waals surface area contributed by atoms with Crippen LogP contribution in [0.4, 0.5) is 0 Å². The SMILES string of the molecule is c1ccc(C2CC2N2CCNCC2)cc1. The molecule has 1 saturated heterocycles. The van der Waals surface area contributed by atoms with Crippen LogP contribution < -0.4 is 5.32 Å². The summed E-state index contributed by atoms with van der Waals surface area (Å²) in [4.78, 5) is 2.65. The molecule has 1 saturated carbocycles. The van der Waals surface area contributed by atoms with Gasteiger partial charge in [0.2, 0.25) is 0 Å². The van der Waals surface area contributed by atoms with Gasteiger partial charge in [-0.15, -0.1) is 0 Å². The Bertz CT molecular complexity index is 317. The summed E-state index contributed by atoms with van der Waals surface area (Å²) in [6.07, 6.45) is 1.37. The van der Waals surface area contributed by atoms with Crippen LogP contribution in [-0.4, -0.2) is 37.1 Å². The fourth-order valence-electron chi connectivity index (χ4n) is 2.66. The lowest BCUT2D eigenvalue weighted by Gasteiger charge is -2.27. The molecule has 2 nitrogen and oxygen atoms in total. The number of piperazine rings is 1. The lowest BCUT2D eigenvalue weighted by Crippen LogP contribution is -2.44. The highest BCUT2D eigenvalue weighted by molar-refractivity contribution is 5.27. The molecule has 2 heteroatoms. The van der Waals surface area contributed by atoms with Gasteiger partial charge in [0.25, 0.3) is 0 Å². The molecule has 0 bridgehead atoms. The maximum absolute atomic E-state index is 3.41. The molecule has 0 radical (unpaired) electrons. The molecule has 3 rings (SSSR count). The van der Waals surface area contributed by atoms with Gasteiger partial charge < -0.3 is 5.32 Å². The summed E-state index contributed by atoms with van der Waals surface area (Å²) < 4.78 is 0. The Morgan fingerprint density at radius 2 is 1.80 bits per heavy atom. The van der Waals surface area contributed by atoms with E-state index in [1.165, 1.54) is 25.1 Å². The maximum atomic E-state index is 3.41. The van der Waals surface area contributed by atoms with Gasteiger partial charge in [-0.3, -0.25) is 4.90 Å². The van der Waals surface area contributed by atoms with Crippen LogP contribution in [0.3, 0.4) is 0 Å². The van der Waals surface area contributed by atoms with Crippen molar-refractivity contribution in [1.82, 2.24) is 10.2 Å². The van der Waals surface area contributed by atoms with E-state index >= 15 is 0 Å². The van der Waals surface area contributed by atoms with Gasteiger partial charge in [-0.2, -0.15) is 0 Å². The Balaban J connectivity index is 1.64. The van der Waals surface area contributed by atoms with Crippen LogP contribution >= 0.6 is 0 Å². The first-order chi connectivity index (χ1) is 7.45. The lowest BCUT2D eigenvalue weighted by atomic mass is 10.1. The zero-order valence-electron chi connectivity index (χ0n) is 9.02. The molecule has 1 N–H and O–H groups in total. The summed E-state index contributed by atoms with van der Waals surface area (Å²) in [6.45, 7) is 4.79. The first-order valence-electron chi connectivity index (χ1n) is 5.95. The molecule has 80 valence electrons. The second kappa shape index (κ2) is 3.95. The third-order valence-electron chi connectivity index (χ3n) is 3.61. The van der Waals surface area contributed by atoms with Crippen LogP contribution in [0.2, 0.25) is 0 Å². The van der Waals surface area contributed by atoms with Crippen molar-refractivity contribution in [2.24, 2.45) is 0 Å². The number of hydrogen-bond acceptors (Lipinski definition) is 2. The minimum Gasteiger partial charge on any atom is -0.314 e. The number of hydrogen-bond donors (Lipinski definition) is 1. The minimum absolute atomic E-state index is 0.810. The average molecular weight is 202 g/mol. The quantitative estimate of drug-likeness (QED) is 0.781. The fraction of sp³-hybridized carbons (Fsp3) is 0.538. The molecule has 1 aliphatic heterocycles. The Hall–Kier alpha value is -0.860. The zero-order chi connectivity index (χ0) is 10.1. The van der Waals surface area contributed by atoms with Gasteiger partial charge >= 0.3 is 0 Å². The van der Waals surface area contributed by atoms with E-state index in [4.69, 9.17) is 0 Å². The van der Waals surface area contributed by atoms with Gasteiger partial charge in [0.15, 0.2) is 0 Å². The molecule has 1 heterocycles. The van der Waals surface area contributed by atoms with E-state index in [1.807, 2.05) is 0 Å². The molecule has 2 unspecified atom stereocenters. The molecule has 2 fully saturated rings. The van der Waals surface area contributed by atoms with Gasteiger partial charge in [0, 0.05) is 38.1 Å². The summed E-state index contributed by atoms with van der Waals surface area (Å²) in [6, 6.07) is 11.8. The van der Waals surface area contributed by atoms with Crippen molar-refractivity contribution in [3.8, 4) is 0 Å². The van der Waals surface area contributed by atoms with Gasteiger partial charge in [-0.05, 0) is 12.0 Å². The van der Waals surface area contributed by atoms with Crippen molar-refractivity contribution in [2.45, 2.75) is 18.4 Å². The molecule has 1 aromatic carbocycles. The molecule has 1 aromatic rings. The summed E-state index contributed by atoms with van der Waals surface area (Å²) in [5.41, 5.74) is 1.53. The summed E-state index contributed by atoms with van der Waals surface area (Å²) in [5, 5.41) is 3.41. The predicted molar refractivity (Wildman–Crippen MR) is 62.0 cm³/mol. The first-order valence-corrected chi connectivity index (χ1v) is 5.95. The van der Waals surface area contributed by atoms with Gasteiger partial charge in [0.1, 0.15) is 0 Å². The van der Waals surface area contributed by atoms with Gasteiger partial charge in [-0.1, -0.05) is 30.3 Å². The second-order valence-electron chi connectivity index (χ2n) is 4.61. The fourth-order valence-corrected chi connectivity index (χ4v) is 2.66. The molecular weight excluding hydrogens is 184 g/mol. The normalized spacial score (nSPS) is 31.5. The van der Waals surface area contributed by atoms with Crippen molar-refractivity contribution in [1.29, 1.82) is 0 Å². The Morgan fingerprint density at radius 1 is 1.07 bits per heavy atom. The van der Waals surface area contributed by atoms with Crippen LogP contribution in [-0.2, 0) is 0 Å². The molecule has 15 heavy (non-hydrogen) atoms. The van der Waals surface area contributed by atoms with Crippen LogP contribution in [0.15, 0.2) is 30.3 Å². The monoisotopic (exact) mass is 202 g/mol. The maximum Gasteiger partial charge on any atom is 0.0172 e. The van der Waals surface area contributed by atoms with Crippen molar-refractivity contribution in [3.05, 3.63) is 35.9 Å². The van der Waals surface area contributed by atoms with E-state index in [1.54, 1.807) is 0 Å². The first kappa shape index (κ1) is 9.37. The third-order valence-corrected chi connectivity index (χ3v) is 3.61. The number of rotatable bonds is 2. The number of benzene rings is 1. The molecule has 0 aromatic heterocycles. The summed E-state index contributed by atoms with van der Waals surface area (Å²) in [7, 11) is 0. The molecule has 2 atom stereocenters. The van der Waals surface area contributed by atoms with Gasteiger partial charge in [-0.25, -0.2) is 0 Å². The lowest BCUT2D eigenvalue weighted by molar-refractivity contribution is 0.228. The van der Waals surface area contributed by atoms with E-state index in [0.717, 1.165) is 25.0 Å². The van der Waals surface area contributed by atoms with E-state index < -0.39 is 0 Å². The van der Waals surface area contributed by atoms with E-state index in [-0.39, 0.29) is 0 Å². The van der Waals surface area contributed by atoms with Crippen molar-refractivity contribution < 1.29 is 0 Å². The smallest absolute Gasteiger partial charge is 0.0172 e. The third kappa shape index (κ3) is 1.92. The average Bonchev–Trinajstić information content (AvgIpc) is 3.11. The zero-order valence-corrected chi connectivity index (χ0v) is 9.02. The van der Waals surface area contributed by atoms with Crippen LogP contribution in [0, 0.1) is 0 Å². The van der Waals surface area contributed by atoms with E-state index in [9.17, 15) is 0 Å². The van der Waals surface area contributed by atoms with Crippen molar-refractivity contribution in [3.63, 3.8) is 0 Å². The number of nitrogens with one attached hydrogen (secondary N) is 1.